The Hall–Kier alpha value is -3.12. The largest absolute Gasteiger partial charge is 0.494 e. The van der Waals surface area contributed by atoms with Crippen LogP contribution in [0.2, 0.25) is 5.02 Å². The van der Waals surface area contributed by atoms with Crippen LogP contribution in [0.5, 0.6) is 5.75 Å². The lowest BCUT2D eigenvalue weighted by molar-refractivity contribution is 0.102. The summed E-state index contributed by atoms with van der Waals surface area (Å²) < 4.78 is 5.39. The Bertz CT molecular complexity index is 950. The number of anilines is 3. The van der Waals surface area contributed by atoms with E-state index in [0.29, 0.717) is 28.8 Å². The van der Waals surface area contributed by atoms with Crippen LogP contribution in [0, 0.1) is 13.8 Å². The van der Waals surface area contributed by atoms with Gasteiger partial charge in [-0.25, -0.2) is 9.97 Å². The number of aromatic nitrogens is 2. The Balaban J connectivity index is 1.67. The van der Waals surface area contributed by atoms with Crippen molar-refractivity contribution in [2.75, 3.05) is 17.2 Å². The zero-order valence-electron chi connectivity index (χ0n) is 15.9. The normalized spacial score (nSPS) is 10.4. The minimum Gasteiger partial charge on any atom is -0.494 e. The quantitative estimate of drug-likeness (QED) is 0.603. The van der Waals surface area contributed by atoms with Crippen LogP contribution in [0.25, 0.3) is 0 Å². The molecule has 0 fully saturated rings. The smallest absolute Gasteiger partial charge is 0.258 e. The zero-order chi connectivity index (χ0) is 20.1. The number of halogens is 1. The molecule has 0 atom stereocenters. The average Bonchev–Trinajstić information content (AvgIpc) is 2.67. The van der Waals surface area contributed by atoms with E-state index < -0.39 is 0 Å². The van der Waals surface area contributed by atoms with Crippen molar-refractivity contribution in [3.63, 3.8) is 0 Å². The summed E-state index contributed by atoms with van der Waals surface area (Å²) in [7, 11) is 0. The van der Waals surface area contributed by atoms with Crippen molar-refractivity contribution in [1.82, 2.24) is 9.97 Å². The lowest BCUT2D eigenvalue weighted by atomic mass is 10.1. The number of ether oxygens (including phenoxy) is 1. The molecule has 0 aliphatic heterocycles. The van der Waals surface area contributed by atoms with Gasteiger partial charge in [-0.3, -0.25) is 4.79 Å². The molecule has 3 aromatic rings. The van der Waals surface area contributed by atoms with Gasteiger partial charge in [-0.15, -0.1) is 0 Å². The summed E-state index contributed by atoms with van der Waals surface area (Å²) in [6.45, 7) is 6.45. The highest BCUT2D eigenvalue weighted by atomic mass is 35.5. The molecule has 6 nitrogen and oxygen atoms in total. The van der Waals surface area contributed by atoms with Crippen LogP contribution < -0.4 is 15.4 Å². The van der Waals surface area contributed by atoms with E-state index in [4.69, 9.17) is 16.3 Å². The molecule has 0 saturated heterocycles. The highest BCUT2D eigenvalue weighted by Crippen LogP contribution is 2.29. The predicted molar refractivity (Wildman–Crippen MR) is 112 cm³/mol. The number of amides is 1. The minimum absolute atomic E-state index is 0.291. The van der Waals surface area contributed by atoms with Gasteiger partial charge >= 0.3 is 0 Å². The number of rotatable bonds is 6. The Morgan fingerprint density at radius 1 is 1.11 bits per heavy atom. The van der Waals surface area contributed by atoms with E-state index in [1.54, 1.807) is 24.3 Å². The molecule has 3 rings (SSSR count). The number of aryl methyl sites for hydroxylation is 2. The third-order valence-corrected chi connectivity index (χ3v) is 4.30. The Morgan fingerprint density at radius 2 is 1.79 bits per heavy atom. The van der Waals surface area contributed by atoms with Crippen LogP contribution in [-0.4, -0.2) is 22.5 Å². The van der Waals surface area contributed by atoms with Gasteiger partial charge in [-0.2, -0.15) is 0 Å². The molecule has 0 aliphatic rings. The fourth-order valence-electron chi connectivity index (χ4n) is 2.70. The van der Waals surface area contributed by atoms with Gasteiger partial charge in [-0.1, -0.05) is 17.7 Å². The second-order valence-electron chi connectivity index (χ2n) is 6.27. The molecule has 0 spiro atoms. The van der Waals surface area contributed by atoms with Crippen molar-refractivity contribution in [1.29, 1.82) is 0 Å². The highest BCUT2D eigenvalue weighted by Gasteiger charge is 2.10. The lowest BCUT2D eigenvalue weighted by Crippen LogP contribution is -2.13. The van der Waals surface area contributed by atoms with Crippen LogP contribution in [0.4, 0.5) is 17.3 Å². The fourth-order valence-corrected chi connectivity index (χ4v) is 3.07. The van der Waals surface area contributed by atoms with Crippen molar-refractivity contribution >= 4 is 34.8 Å². The van der Waals surface area contributed by atoms with Crippen molar-refractivity contribution in [2.45, 2.75) is 20.8 Å². The van der Waals surface area contributed by atoms with Gasteiger partial charge in [-0.05, 0) is 62.2 Å². The second kappa shape index (κ2) is 8.71. The molecule has 1 amide bonds. The molecule has 2 aromatic carbocycles. The molecule has 0 bridgehead atoms. The molecule has 144 valence electrons. The third kappa shape index (κ3) is 4.78. The Kier molecular flexibility index (Phi) is 6.11. The van der Waals surface area contributed by atoms with E-state index >= 15 is 0 Å². The molecular formula is C21H21ClN4O2. The number of hydrogen-bond acceptors (Lipinski definition) is 5. The van der Waals surface area contributed by atoms with Gasteiger partial charge in [0.15, 0.2) is 0 Å². The van der Waals surface area contributed by atoms with Crippen LogP contribution in [0.3, 0.4) is 0 Å². The maximum Gasteiger partial charge on any atom is 0.258 e. The molecule has 0 unspecified atom stereocenters. The standard InChI is InChI=1S/C21H21ClN4O2/c1-4-28-17-7-5-16(6-8-17)25-20(27)15-11-23-21(24-12-15)26-19-14(3)9-13(2)10-18(19)22/h5-12H,4H2,1-3H3,(H,25,27)(H,23,24,26). The number of carbonyl (C=O) groups excluding carboxylic acids is 1. The number of hydrogen-bond donors (Lipinski definition) is 2. The molecular weight excluding hydrogens is 376 g/mol. The zero-order valence-corrected chi connectivity index (χ0v) is 16.7. The second-order valence-corrected chi connectivity index (χ2v) is 6.68. The number of benzene rings is 2. The maximum absolute atomic E-state index is 12.4. The monoisotopic (exact) mass is 396 g/mol. The molecule has 0 radical (unpaired) electrons. The number of nitrogens with zero attached hydrogens (tertiary/aromatic N) is 2. The first-order valence-electron chi connectivity index (χ1n) is 8.86. The van der Waals surface area contributed by atoms with Crippen LogP contribution in [0.1, 0.15) is 28.4 Å². The van der Waals surface area contributed by atoms with E-state index in [9.17, 15) is 4.79 Å². The van der Waals surface area contributed by atoms with E-state index in [2.05, 4.69) is 20.6 Å². The van der Waals surface area contributed by atoms with E-state index in [-0.39, 0.29) is 5.91 Å². The first-order valence-corrected chi connectivity index (χ1v) is 9.24. The molecule has 1 heterocycles. The fraction of sp³-hybridized carbons (Fsp3) is 0.190. The summed E-state index contributed by atoms with van der Waals surface area (Å²) in [6.07, 6.45) is 2.94. The van der Waals surface area contributed by atoms with E-state index in [1.165, 1.54) is 12.4 Å². The molecule has 0 aliphatic carbocycles. The summed E-state index contributed by atoms with van der Waals surface area (Å²) in [5, 5.41) is 6.50. The predicted octanol–water partition coefficient (Wildman–Crippen LogP) is 5.14. The van der Waals surface area contributed by atoms with Crippen LogP contribution in [-0.2, 0) is 0 Å². The number of carbonyl (C=O) groups is 1. The average molecular weight is 397 g/mol. The van der Waals surface area contributed by atoms with E-state index in [1.807, 2.05) is 32.9 Å². The van der Waals surface area contributed by atoms with Crippen molar-refractivity contribution in [3.8, 4) is 5.75 Å². The van der Waals surface area contributed by atoms with Crippen molar-refractivity contribution in [2.24, 2.45) is 0 Å². The lowest BCUT2D eigenvalue weighted by Gasteiger charge is -2.11. The summed E-state index contributed by atoms with van der Waals surface area (Å²) >= 11 is 6.30. The molecule has 28 heavy (non-hydrogen) atoms. The van der Waals surface area contributed by atoms with Gasteiger partial charge in [0, 0.05) is 18.1 Å². The molecule has 7 heteroatoms. The third-order valence-electron chi connectivity index (χ3n) is 4.01. The summed E-state index contributed by atoms with van der Waals surface area (Å²) in [5.41, 5.74) is 3.84. The molecule has 1 aromatic heterocycles. The van der Waals surface area contributed by atoms with Crippen LogP contribution in [0.15, 0.2) is 48.8 Å². The van der Waals surface area contributed by atoms with Gasteiger partial charge in [0.2, 0.25) is 5.95 Å². The molecule has 2 N–H and O–H groups in total. The van der Waals surface area contributed by atoms with Gasteiger partial charge in [0.1, 0.15) is 5.75 Å². The molecule has 0 saturated carbocycles. The summed E-state index contributed by atoms with van der Waals surface area (Å²) in [4.78, 5) is 20.8. The SMILES string of the molecule is CCOc1ccc(NC(=O)c2cnc(Nc3c(C)cc(C)cc3Cl)nc2)cc1. The Morgan fingerprint density at radius 3 is 2.39 bits per heavy atom. The first kappa shape index (κ1) is 19.6. The highest BCUT2D eigenvalue weighted by molar-refractivity contribution is 6.33. The first-order chi connectivity index (χ1) is 13.5. The topological polar surface area (TPSA) is 76.1 Å². The van der Waals surface area contributed by atoms with Gasteiger partial charge < -0.3 is 15.4 Å². The maximum atomic E-state index is 12.4. The summed E-state index contributed by atoms with van der Waals surface area (Å²) in [5.74, 6) is 0.830. The van der Waals surface area contributed by atoms with Crippen molar-refractivity contribution < 1.29 is 9.53 Å². The number of nitrogens with one attached hydrogen (secondary N) is 2. The van der Waals surface area contributed by atoms with Crippen molar-refractivity contribution in [3.05, 3.63) is 70.5 Å². The van der Waals surface area contributed by atoms with Crippen LogP contribution >= 0.6 is 11.6 Å². The van der Waals surface area contributed by atoms with E-state index in [0.717, 1.165) is 22.6 Å². The van der Waals surface area contributed by atoms with Gasteiger partial charge in [0.25, 0.3) is 5.91 Å². The summed E-state index contributed by atoms with van der Waals surface area (Å²) in [6, 6.07) is 11.1. The minimum atomic E-state index is -0.291. The van der Waals surface area contributed by atoms with Gasteiger partial charge in [0.05, 0.1) is 22.9 Å². The Labute approximate surface area is 168 Å².